The SMILES string of the molecule is C[C@@H](NC(=O)CN(c1ccc(Cl)cc1Cl)S(=O)(=O)c1ccccc1)c1ccc2c(c1)OCCO2. The lowest BCUT2D eigenvalue weighted by molar-refractivity contribution is -0.120. The van der Waals surface area contributed by atoms with E-state index in [0.717, 1.165) is 9.87 Å². The first-order valence-corrected chi connectivity index (χ1v) is 12.7. The molecule has 3 aromatic carbocycles. The minimum absolute atomic E-state index is 0.0358. The molecule has 10 heteroatoms. The summed E-state index contributed by atoms with van der Waals surface area (Å²) in [5.74, 6) is 0.741. The summed E-state index contributed by atoms with van der Waals surface area (Å²) in [7, 11) is -4.09. The van der Waals surface area contributed by atoms with Crippen molar-refractivity contribution in [1.29, 1.82) is 0 Å². The molecule has 1 atom stereocenters. The molecular weight excluding hydrogens is 499 g/mol. The molecule has 0 radical (unpaired) electrons. The van der Waals surface area contributed by atoms with Gasteiger partial charge >= 0.3 is 0 Å². The minimum atomic E-state index is -4.09. The molecule has 0 aliphatic carbocycles. The molecule has 178 valence electrons. The summed E-state index contributed by atoms with van der Waals surface area (Å²) in [5, 5.41) is 3.31. The highest BCUT2D eigenvalue weighted by molar-refractivity contribution is 7.92. The number of carbonyl (C=O) groups is 1. The Bertz CT molecular complexity index is 1300. The predicted molar refractivity (Wildman–Crippen MR) is 131 cm³/mol. The molecule has 34 heavy (non-hydrogen) atoms. The van der Waals surface area contributed by atoms with Gasteiger partial charge in [0.25, 0.3) is 10.0 Å². The first-order chi connectivity index (χ1) is 16.3. The molecule has 1 aliphatic heterocycles. The van der Waals surface area contributed by atoms with Crippen LogP contribution in [0.15, 0.2) is 71.6 Å². The fourth-order valence-electron chi connectivity index (χ4n) is 3.53. The average molecular weight is 521 g/mol. The highest BCUT2D eigenvalue weighted by Crippen LogP contribution is 2.34. The molecule has 4 rings (SSSR count). The Labute approximate surface area is 208 Å². The fraction of sp³-hybridized carbons (Fsp3) is 0.208. The molecular formula is C24H22Cl2N2O5S. The smallest absolute Gasteiger partial charge is 0.264 e. The van der Waals surface area contributed by atoms with Crippen LogP contribution < -0.4 is 19.1 Å². The van der Waals surface area contributed by atoms with E-state index in [4.69, 9.17) is 32.7 Å². The van der Waals surface area contributed by atoms with Crippen molar-refractivity contribution in [1.82, 2.24) is 5.32 Å². The van der Waals surface area contributed by atoms with Crippen molar-refractivity contribution in [2.24, 2.45) is 0 Å². The van der Waals surface area contributed by atoms with E-state index in [9.17, 15) is 13.2 Å². The number of carbonyl (C=O) groups excluding carboxylic acids is 1. The maximum absolute atomic E-state index is 13.4. The summed E-state index contributed by atoms with van der Waals surface area (Å²) in [6, 6.07) is 17.3. The number of fused-ring (bicyclic) bond motifs is 1. The van der Waals surface area contributed by atoms with Crippen molar-refractivity contribution in [3.05, 3.63) is 82.3 Å². The summed E-state index contributed by atoms with van der Waals surface area (Å²) in [4.78, 5) is 13.0. The Morgan fingerprint density at radius 3 is 2.41 bits per heavy atom. The van der Waals surface area contributed by atoms with Gasteiger partial charge in [-0.1, -0.05) is 47.5 Å². The topological polar surface area (TPSA) is 84.9 Å². The van der Waals surface area contributed by atoms with Crippen LogP contribution in [0.2, 0.25) is 10.0 Å². The van der Waals surface area contributed by atoms with E-state index in [1.54, 1.807) is 37.3 Å². The second kappa shape index (κ2) is 10.1. The lowest BCUT2D eigenvalue weighted by atomic mass is 10.1. The van der Waals surface area contributed by atoms with E-state index < -0.39 is 28.5 Å². The zero-order valence-corrected chi connectivity index (χ0v) is 20.5. The lowest BCUT2D eigenvalue weighted by Gasteiger charge is -2.26. The van der Waals surface area contributed by atoms with E-state index in [0.29, 0.717) is 29.7 Å². The van der Waals surface area contributed by atoms with Crippen molar-refractivity contribution in [2.75, 3.05) is 24.1 Å². The quantitative estimate of drug-likeness (QED) is 0.481. The number of ether oxygens (including phenoxy) is 2. The Morgan fingerprint density at radius 1 is 1.00 bits per heavy atom. The molecule has 0 saturated heterocycles. The van der Waals surface area contributed by atoms with E-state index >= 15 is 0 Å². The Kier molecular flexibility index (Phi) is 7.21. The molecule has 3 aromatic rings. The number of sulfonamides is 1. The summed E-state index contributed by atoms with van der Waals surface area (Å²) in [6.45, 7) is 2.26. The van der Waals surface area contributed by atoms with Crippen LogP contribution in [0.3, 0.4) is 0 Å². The van der Waals surface area contributed by atoms with Gasteiger partial charge in [0, 0.05) is 5.02 Å². The van der Waals surface area contributed by atoms with Gasteiger partial charge in [0.15, 0.2) is 11.5 Å². The molecule has 1 amide bonds. The van der Waals surface area contributed by atoms with Gasteiger partial charge in [0.05, 0.1) is 21.6 Å². The molecule has 0 bridgehead atoms. The van der Waals surface area contributed by atoms with Crippen molar-refractivity contribution < 1.29 is 22.7 Å². The molecule has 1 N–H and O–H groups in total. The number of halogens is 2. The fourth-order valence-corrected chi connectivity index (χ4v) is 5.55. The lowest BCUT2D eigenvalue weighted by Crippen LogP contribution is -2.41. The third-order valence-corrected chi connectivity index (χ3v) is 7.55. The maximum atomic E-state index is 13.4. The van der Waals surface area contributed by atoms with Crippen LogP contribution in [-0.2, 0) is 14.8 Å². The molecule has 7 nitrogen and oxygen atoms in total. The van der Waals surface area contributed by atoms with Crippen LogP contribution in [-0.4, -0.2) is 34.1 Å². The third-order valence-electron chi connectivity index (χ3n) is 5.24. The number of anilines is 1. The van der Waals surface area contributed by atoms with E-state index in [1.807, 2.05) is 6.07 Å². The molecule has 1 aliphatic rings. The summed E-state index contributed by atoms with van der Waals surface area (Å²) >= 11 is 12.3. The predicted octanol–water partition coefficient (Wildman–Crippen LogP) is 4.84. The second-order valence-corrected chi connectivity index (χ2v) is 10.3. The standard InChI is InChI=1S/C24H22Cl2N2O5S/c1-16(17-7-10-22-23(13-17)33-12-11-32-22)27-24(29)15-28(21-9-8-18(25)14-20(21)26)34(30,31)19-5-3-2-4-6-19/h2-10,13-14,16H,11-12,15H2,1H3,(H,27,29)/t16-/m1/s1. The van der Waals surface area contributed by atoms with E-state index in [2.05, 4.69) is 5.32 Å². The number of benzene rings is 3. The monoisotopic (exact) mass is 520 g/mol. The van der Waals surface area contributed by atoms with Gasteiger partial charge in [-0.2, -0.15) is 0 Å². The molecule has 0 fully saturated rings. The average Bonchev–Trinajstić information content (AvgIpc) is 2.83. The van der Waals surface area contributed by atoms with Crippen molar-refractivity contribution in [2.45, 2.75) is 17.9 Å². The number of hydrogen-bond acceptors (Lipinski definition) is 5. The van der Waals surface area contributed by atoms with Gasteiger partial charge in [0.1, 0.15) is 19.8 Å². The van der Waals surface area contributed by atoms with Crippen LogP contribution >= 0.6 is 23.2 Å². The Hall–Kier alpha value is -2.94. The Morgan fingerprint density at radius 2 is 1.71 bits per heavy atom. The normalized spacial score (nSPS) is 13.7. The number of nitrogens with one attached hydrogen (secondary N) is 1. The number of rotatable bonds is 7. The van der Waals surface area contributed by atoms with Gasteiger partial charge in [-0.25, -0.2) is 8.42 Å². The van der Waals surface area contributed by atoms with Gasteiger partial charge in [-0.15, -0.1) is 0 Å². The Balaban J connectivity index is 1.59. The first-order valence-electron chi connectivity index (χ1n) is 10.5. The maximum Gasteiger partial charge on any atom is 0.264 e. The number of nitrogens with zero attached hydrogens (tertiary/aromatic N) is 1. The third kappa shape index (κ3) is 5.24. The van der Waals surface area contributed by atoms with Crippen molar-refractivity contribution in [3.8, 4) is 11.5 Å². The van der Waals surface area contributed by atoms with E-state index in [1.165, 1.54) is 30.3 Å². The molecule has 0 unspecified atom stereocenters. The minimum Gasteiger partial charge on any atom is -0.486 e. The summed E-state index contributed by atoms with van der Waals surface area (Å²) in [5.41, 5.74) is 0.941. The zero-order chi connectivity index (χ0) is 24.3. The van der Waals surface area contributed by atoms with Crippen LogP contribution in [0, 0.1) is 0 Å². The first kappa shape index (κ1) is 24.2. The van der Waals surface area contributed by atoms with Crippen molar-refractivity contribution in [3.63, 3.8) is 0 Å². The van der Waals surface area contributed by atoms with Crippen LogP contribution in [0.25, 0.3) is 0 Å². The highest BCUT2D eigenvalue weighted by Gasteiger charge is 2.29. The molecule has 1 heterocycles. The van der Waals surface area contributed by atoms with E-state index in [-0.39, 0.29) is 15.6 Å². The second-order valence-electron chi connectivity index (χ2n) is 7.61. The molecule has 0 spiro atoms. The molecule has 0 aromatic heterocycles. The van der Waals surface area contributed by atoms with Gasteiger partial charge < -0.3 is 14.8 Å². The molecule has 0 saturated carbocycles. The largest absolute Gasteiger partial charge is 0.486 e. The van der Waals surface area contributed by atoms with Crippen molar-refractivity contribution >= 4 is 44.8 Å². The number of amides is 1. The van der Waals surface area contributed by atoms with Crippen LogP contribution in [0.4, 0.5) is 5.69 Å². The van der Waals surface area contributed by atoms with Gasteiger partial charge in [0.2, 0.25) is 5.91 Å². The van der Waals surface area contributed by atoms with Crippen LogP contribution in [0.1, 0.15) is 18.5 Å². The van der Waals surface area contributed by atoms with Gasteiger partial charge in [-0.05, 0) is 55.0 Å². The zero-order valence-electron chi connectivity index (χ0n) is 18.2. The van der Waals surface area contributed by atoms with Gasteiger partial charge in [-0.3, -0.25) is 9.10 Å². The number of hydrogen-bond donors (Lipinski definition) is 1. The highest BCUT2D eigenvalue weighted by atomic mass is 35.5. The summed E-state index contributed by atoms with van der Waals surface area (Å²) in [6.07, 6.45) is 0. The summed E-state index contributed by atoms with van der Waals surface area (Å²) < 4.78 is 39.0. The van der Waals surface area contributed by atoms with Crippen LogP contribution in [0.5, 0.6) is 11.5 Å².